The molecule has 0 bridgehead atoms. The highest BCUT2D eigenvalue weighted by atomic mass is 19.1. The van der Waals surface area contributed by atoms with Gasteiger partial charge in [0.25, 0.3) is 0 Å². The van der Waals surface area contributed by atoms with Crippen LogP contribution in [0.2, 0.25) is 0 Å². The summed E-state index contributed by atoms with van der Waals surface area (Å²) in [6.07, 6.45) is 6.04. The molecule has 6 heteroatoms. The van der Waals surface area contributed by atoms with E-state index in [-0.39, 0.29) is 11.9 Å². The normalized spacial score (nSPS) is 19.8. The third-order valence-corrected chi connectivity index (χ3v) is 3.02. The molecule has 0 aromatic carbocycles. The molecule has 0 spiro atoms. The van der Waals surface area contributed by atoms with Gasteiger partial charge in [-0.2, -0.15) is 0 Å². The van der Waals surface area contributed by atoms with Crippen LogP contribution in [0.5, 0.6) is 0 Å². The molecule has 1 saturated heterocycles. The van der Waals surface area contributed by atoms with Crippen molar-refractivity contribution in [3.63, 3.8) is 0 Å². The first-order valence-corrected chi connectivity index (χ1v) is 5.56. The second-order valence-corrected chi connectivity index (χ2v) is 4.08. The van der Waals surface area contributed by atoms with Gasteiger partial charge in [-0.3, -0.25) is 0 Å². The molecule has 1 aliphatic rings. The topological polar surface area (TPSA) is 46.8 Å². The Morgan fingerprint density at radius 3 is 3.06 bits per heavy atom. The third kappa shape index (κ3) is 1.86. The summed E-state index contributed by atoms with van der Waals surface area (Å²) < 4.78 is 15.4. The van der Waals surface area contributed by atoms with E-state index in [2.05, 4.69) is 15.3 Å². The zero-order chi connectivity index (χ0) is 11.7. The minimum absolute atomic E-state index is 0.249. The van der Waals surface area contributed by atoms with Crippen LogP contribution in [0, 0.1) is 5.82 Å². The van der Waals surface area contributed by atoms with E-state index in [9.17, 15) is 4.39 Å². The summed E-state index contributed by atoms with van der Waals surface area (Å²) in [5.74, 6) is 0.154. The summed E-state index contributed by atoms with van der Waals surface area (Å²) in [5.41, 5.74) is 0. The van der Waals surface area contributed by atoms with Crippen molar-refractivity contribution in [3.8, 4) is 0 Å². The smallest absolute Gasteiger partial charge is 0.165 e. The number of rotatable bonds is 2. The summed E-state index contributed by atoms with van der Waals surface area (Å²) in [6, 6.07) is 3.29. The molecule has 3 heterocycles. The van der Waals surface area contributed by atoms with Gasteiger partial charge in [-0.15, -0.1) is 5.10 Å². The predicted molar refractivity (Wildman–Crippen MR) is 60.1 cm³/mol. The van der Waals surface area contributed by atoms with Crippen molar-refractivity contribution >= 4 is 5.82 Å². The van der Waals surface area contributed by atoms with E-state index in [0.29, 0.717) is 5.82 Å². The summed E-state index contributed by atoms with van der Waals surface area (Å²) in [6.45, 7) is 1.51. The van der Waals surface area contributed by atoms with Crippen LogP contribution in [0.15, 0.2) is 30.7 Å². The molecule has 0 saturated carbocycles. The van der Waals surface area contributed by atoms with Crippen molar-refractivity contribution in [2.75, 3.05) is 18.0 Å². The number of hydrogen-bond acceptors (Lipinski definition) is 4. The van der Waals surface area contributed by atoms with Crippen molar-refractivity contribution in [3.05, 3.63) is 36.5 Å². The van der Waals surface area contributed by atoms with Gasteiger partial charge in [0.05, 0.1) is 12.2 Å². The lowest BCUT2D eigenvalue weighted by Crippen LogP contribution is -2.23. The standard InChI is InChI=1S/C11H12FN5/c12-10-2-1-4-13-11(10)16-6-3-9(8-16)17-7-5-14-15-17/h1-2,4-5,7,9H,3,6,8H2. The first kappa shape index (κ1) is 10.2. The van der Waals surface area contributed by atoms with Gasteiger partial charge in [0.1, 0.15) is 0 Å². The molecule has 88 valence electrons. The summed E-state index contributed by atoms with van der Waals surface area (Å²) in [7, 11) is 0. The summed E-state index contributed by atoms with van der Waals surface area (Å²) >= 11 is 0. The lowest BCUT2D eigenvalue weighted by atomic mass is 10.3. The molecule has 1 atom stereocenters. The molecule has 1 fully saturated rings. The van der Waals surface area contributed by atoms with Gasteiger partial charge in [-0.1, -0.05) is 5.21 Å². The molecule has 2 aromatic heterocycles. The van der Waals surface area contributed by atoms with Gasteiger partial charge in [0, 0.05) is 25.5 Å². The van der Waals surface area contributed by atoms with Gasteiger partial charge >= 0.3 is 0 Å². The van der Waals surface area contributed by atoms with Crippen molar-refractivity contribution in [1.82, 2.24) is 20.0 Å². The van der Waals surface area contributed by atoms with Crippen LogP contribution in [0.25, 0.3) is 0 Å². The maximum atomic E-state index is 13.6. The highest BCUT2D eigenvalue weighted by molar-refractivity contribution is 5.40. The fraction of sp³-hybridized carbons (Fsp3) is 0.364. The van der Waals surface area contributed by atoms with E-state index in [1.165, 1.54) is 6.07 Å². The second kappa shape index (κ2) is 4.12. The fourth-order valence-corrected chi connectivity index (χ4v) is 2.17. The number of aromatic nitrogens is 4. The average molecular weight is 233 g/mol. The van der Waals surface area contributed by atoms with E-state index in [4.69, 9.17) is 0 Å². The molecule has 1 aliphatic heterocycles. The van der Waals surface area contributed by atoms with Crippen LogP contribution in [0.1, 0.15) is 12.5 Å². The Morgan fingerprint density at radius 2 is 2.29 bits per heavy atom. The van der Waals surface area contributed by atoms with Crippen LogP contribution >= 0.6 is 0 Å². The molecule has 3 rings (SSSR count). The van der Waals surface area contributed by atoms with Gasteiger partial charge in [0.15, 0.2) is 11.6 Å². The Morgan fingerprint density at radius 1 is 1.35 bits per heavy atom. The van der Waals surface area contributed by atoms with Crippen molar-refractivity contribution in [1.29, 1.82) is 0 Å². The maximum Gasteiger partial charge on any atom is 0.165 e. The molecular weight excluding hydrogens is 221 g/mol. The summed E-state index contributed by atoms with van der Waals surface area (Å²) in [5, 5.41) is 7.76. The number of pyridine rings is 1. The van der Waals surface area contributed by atoms with Crippen molar-refractivity contribution in [2.45, 2.75) is 12.5 Å². The highest BCUT2D eigenvalue weighted by Gasteiger charge is 2.26. The van der Waals surface area contributed by atoms with E-state index < -0.39 is 0 Å². The highest BCUT2D eigenvalue weighted by Crippen LogP contribution is 2.26. The predicted octanol–water partition coefficient (Wildman–Crippen LogP) is 1.26. The molecule has 0 aliphatic carbocycles. The molecular formula is C11H12FN5. The maximum absolute atomic E-state index is 13.6. The first-order chi connectivity index (χ1) is 8.34. The van der Waals surface area contributed by atoms with Crippen LogP contribution in [0.3, 0.4) is 0 Å². The molecule has 0 N–H and O–H groups in total. The fourth-order valence-electron chi connectivity index (χ4n) is 2.17. The Hall–Kier alpha value is -1.98. The minimum atomic E-state index is -0.272. The van der Waals surface area contributed by atoms with Crippen LogP contribution in [-0.4, -0.2) is 33.1 Å². The van der Waals surface area contributed by atoms with Crippen molar-refractivity contribution in [2.24, 2.45) is 0 Å². The lowest BCUT2D eigenvalue weighted by Gasteiger charge is -2.17. The Bertz CT molecular complexity index is 498. The number of nitrogens with zero attached hydrogens (tertiary/aromatic N) is 5. The van der Waals surface area contributed by atoms with Crippen LogP contribution in [0.4, 0.5) is 10.2 Å². The monoisotopic (exact) mass is 233 g/mol. The van der Waals surface area contributed by atoms with E-state index >= 15 is 0 Å². The quantitative estimate of drug-likeness (QED) is 0.783. The zero-order valence-corrected chi connectivity index (χ0v) is 9.20. The molecule has 17 heavy (non-hydrogen) atoms. The molecule has 0 radical (unpaired) electrons. The molecule has 1 unspecified atom stereocenters. The van der Waals surface area contributed by atoms with Crippen molar-refractivity contribution < 1.29 is 4.39 Å². The molecule has 2 aromatic rings. The van der Waals surface area contributed by atoms with Gasteiger partial charge in [-0.25, -0.2) is 14.1 Å². The van der Waals surface area contributed by atoms with Crippen LogP contribution in [-0.2, 0) is 0 Å². The zero-order valence-electron chi connectivity index (χ0n) is 9.20. The number of halogens is 1. The van der Waals surface area contributed by atoms with E-state index in [1.54, 1.807) is 18.5 Å². The third-order valence-electron chi connectivity index (χ3n) is 3.02. The first-order valence-electron chi connectivity index (χ1n) is 5.56. The Kier molecular flexibility index (Phi) is 2.47. The second-order valence-electron chi connectivity index (χ2n) is 4.08. The SMILES string of the molecule is Fc1cccnc1N1CCC(n2ccnn2)C1. The van der Waals surface area contributed by atoms with E-state index in [1.807, 2.05) is 15.8 Å². The Labute approximate surface area is 97.9 Å². The molecule has 5 nitrogen and oxygen atoms in total. The van der Waals surface area contributed by atoms with Crippen LogP contribution < -0.4 is 4.90 Å². The minimum Gasteiger partial charge on any atom is -0.352 e. The van der Waals surface area contributed by atoms with Gasteiger partial charge in [-0.05, 0) is 18.6 Å². The summed E-state index contributed by atoms with van der Waals surface area (Å²) in [4.78, 5) is 6.03. The lowest BCUT2D eigenvalue weighted by molar-refractivity contribution is 0.479. The van der Waals surface area contributed by atoms with Gasteiger partial charge < -0.3 is 4.90 Å². The number of anilines is 1. The average Bonchev–Trinajstić information content (AvgIpc) is 3.00. The largest absolute Gasteiger partial charge is 0.352 e. The molecule has 0 amide bonds. The Balaban J connectivity index is 1.79. The van der Waals surface area contributed by atoms with Gasteiger partial charge in [0.2, 0.25) is 0 Å². The number of hydrogen-bond donors (Lipinski definition) is 0. The van der Waals surface area contributed by atoms with E-state index in [0.717, 1.165) is 19.5 Å².